The summed E-state index contributed by atoms with van der Waals surface area (Å²) in [7, 11) is 3.32. The van der Waals surface area contributed by atoms with E-state index in [0.717, 1.165) is 0 Å². The Balaban J connectivity index is 2.16. The van der Waals surface area contributed by atoms with Crippen LogP contribution < -0.4 is 5.32 Å². The first-order valence-electron chi connectivity index (χ1n) is 7.12. The van der Waals surface area contributed by atoms with E-state index >= 15 is 0 Å². The summed E-state index contributed by atoms with van der Waals surface area (Å²) in [5.41, 5.74) is 0. The number of hydrogen-bond donors (Lipinski definition) is 1. The average Bonchev–Trinajstić information content (AvgIpc) is 2.80. The van der Waals surface area contributed by atoms with Gasteiger partial charge in [0.1, 0.15) is 5.25 Å². The van der Waals surface area contributed by atoms with E-state index in [4.69, 9.17) is 4.74 Å². The fourth-order valence-electron chi connectivity index (χ4n) is 2.37. The number of thioether (sulfide) groups is 1. The molecule has 1 fully saturated rings. The molecule has 3 atom stereocenters. The van der Waals surface area contributed by atoms with Crippen molar-refractivity contribution in [2.45, 2.75) is 37.7 Å². The van der Waals surface area contributed by atoms with E-state index in [1.54, 1.807) is 25.9 Å². The van der Waals surface area contributed by atoms with Crippen LogP contribution in [0.1, 0.15) is 20.3 Å². The number of rotatable bonds is 4. The van der Waals surface area contributed by atoms with E-state index in [0.29, 0.717) is 18.2 Å². The second-order valence-corrected chi connectivity index (χ2v) is 6.22. The molecule has 3 amide bonds. The van der Waals surface area contributed by atoms with Crippen molar-refractivity contribution in [1.29, 1.82) is 0 Å². The van der Waals surface area contributed by atoms with Gasteiger partial charge in [0.05, 0.1) is 6.61 Å². The van der Waals surface area contributed by atoms with Crippen LogP contribution >= 0.6 is 11.8 Å². The molecule has 1 saturated heterocycles. The monoisotopic (exact) mass is 328 g/mol. The Morgan fingerprint density at radius 1 is 1.36 bits per heavy atom. The molecule has 0 aromatic heterocycles. The van der Waals surface area contributed by atoms with Gasteiger partial charge in [0.25, 0.3) is 5.91 Å². The van der Waals surface area contributed by atoms with E-state index in [1.165, 1.54) is 16.7 Å². The number of amides is 3. The smallest absolute Gasteiger partial charge is 0.325 e. The highest BCUT2D eigenvalue weighted by Gasteiger charge is 2.47. The van der Waals surface area contributed by atoms with Crippen molar-refractivity contribution >= 4 is 34.8 Å². The molecule has 2 heterocycles. The van der Waals surface area contributed by atoms with Crippen LogP contribution in [-0.4, -0.2) is 71.0 Å². The molecule has 0 aliphatic carbocycles. The minimum atomic E-state index is -0.565. The zero-order valence-corrected chi connectivity index (χ0v) is 13.8. The predicted octanol–water partition coefficient (Wildman–Crippen LogP) is 0.239. The Bertz CT molecular complexity index is 524. The van der Waals surface area contributed by atoms with Crippen LogP contribution in [0.15, 0.2) is 4.99 Å². The van der Waals surface area contributed by atoms with Crippen molar-refractivity contribution in [3.8, 4) is 0 Å². The van der Waals surface area contributed by atoms with Crippen molar-refractivity contribution in [2.24, 2.45) is 4.99 Å². The number of carbonyl (C=O) groups excluding carboxylic acids is 3. The Morgan fingerprint density at radius 3 is 2.64 bits per heavy atom. The molecule has 8 nitrogen and oxygen atoms in total. The second-order valence-electron chi connectivity index (χ2n) is 5.05. The second kappa shape index (κ2) is 6.55. The molecule has 1 N–H and O–H groups in total. The molecule has 2 aliphatic heterocycles. The topological polar surface area (TPSA) is 91.3 Å². The number of likely N-dealkylation sites (N-methyl/N-ethyl adjacent to an activating group) is 2. The molecule has 0 aromatic carbocycles. The maximum atomic E-state index is 12.0. The lowest BCUT2D eigenvalue weighted by molar-refractivity contribution is -0.142. The zero-order chi connectivity index (χ0) is 16.4. The number of fused-ring (bicyclic) bond motifs is 1. The van der Waals surface area contributed by atoms with Crippen molar-refractivity contribution in [3.63, 3.8) is 0 Å². The maximum absolute atomic E-state index is 12.0. The fourth-order valence-corrected chi connectivity index (χ4v) is 3.40. The molecule has 0 saturated carbocycles. The number of nitrogens with one attached hydrogen (secondary N) is 1. The lowest BCUT2D eigenvalue weighted by atomic mass is 10.1. The van der Waals surface area contributed by atoms with Crippen LogP contribution in [-0.2, 0) is 14.3 Å². The third-order valence-corrected chi connectivity index (χ3v) is 5.04. The summed E-state index contributed by atoms with van der Waals surface area (Å²) < 4.78 is 5.04. The SMILES string of the molecule is CCOC(=O)C(CC)SC1=NC2C(C(=O)NC(=O)N2C)N1C. The fraction of sp³-hybridized carbons (Fsp3) is 0.692. The summed E-state index contributed by atoms with van der Waals surface area (Å²) in [6.45, 7) is 3.97. The van der Waals surface area contributed by atoms with Gasteiger partial charge >= 0.3 is 12.0 Å². The lowest BCUT2D eigenvalue weighted by Crippen LogP contribution is -2.63. The number of urea groups is 1. The number of esters is 1. The Morgan fingerprint density at radius 2 is 2.05 bits per heavy atom. The first-order chi connectivity index (χ1) is 10.4. The standard InChI is InChI=1S/C13H20N4O4S/c1-5-7(11(19)21-6-2)22-13-14-9-8(16(13)3)10(18)15-12(20)17(9)4/h7-9H,5-6H2,1-4H3,(H,15,18,20). The number of hydrogen-bond acceptors (Lipinski definition) is 7. The molecule has 0 aromatic rings. The first kappa shape index (κ1) is 16.6. The van der Waals surface area contributed by atoms with Gasteiger partial charge in [0, 0.05) is 14.1 Å². The maximum Gasteiger partial charge on any atom is 0.325 e. The highest BCUT2D eigenvalue weighted by Crippen LogP contribution is 2.30. The van der Waals surface area contributed by atoms with Gasteiger partial charge in [-0.25, -0.2) is 9.79 Å². The Kier molecular flexibility index (Phi) is 4.94. The quantitative estimate of drug-likeness (QED) is 0.743. The molecule has 3 unspecified atom stereocenters. The molecular weight excluding hydrogens is 308 g/mol. The number of aliphatic imine (C=N–C) groups is 1. The average molecular weight is 328 g/mol. The number of ether oxygens (including phenoxy) is 1. The van der Waals surface area contributed by atoms with Crippen LogP contribution in [0, 0.1) is 0 Å². The summed E-state index contributed by atoms with van der Waals surface area (Å²) >= 11 is 1.26. The zero-order valence-electron chi connectivity index (χ0n) is 13.0. The van der Waals surface area contributed by atoms with Gasteiger partial charge in [-0.2, -0.15) is 0 Å². The highest BCUT2D eigenvalue weighted by atomic mass is 32.2. The Labute approximate surface area is 133 Å². The van der Waals surface area contributed by atoms with Gasteiger partial charge in [-0.3, -0.25) is 14.9 Å². The molecule has 0 bridgehead atoms. The minimum absolute atomic E-state index is 0.296. The van der Waals surface area contributed by atoms with Gasteiger partial charge < -0.3 is 14.5 Å². The van der Waals surface area contributed by atoms with Crippen molar-refractivity contribution in [3.05, 3.63) is 0 Å². The van der Waals surface area contributed by atoms with E-state index in [-0.39, 0.29) is 17.1 Å². The van der Waals surface area contributed by atoms with Crippen LogP contribution in [0.4, 0.5) is 4.79 Å². The summed E-state index contributed by atoms with van der Waals surface area (Å²) in [4.78, 5) is 43.1. The summed E-state index contributed by atoms with van der Waals surface area (Å²) in [6, 6.07) is -1.03. The van der Waals surface area contributed by atoms with E-state index in [2.05, 4.69) is 10.3 Å². The molecular formula is C13H20N4O4S. The van der Waals surface area contributed by atoms with Crippen LogP contribution in [0.25, 0.3) is 0 Å². The molecule has 2 aliphatic rings. The molecule has 122 valence electrons. The van der Waals surface area contributed by atoms with Gasteiger partial charge in [0.15, 0.2) is 17.4 Å². The van der Waals surface area contributed by atoms with Crippen LogP contribution in [0.2, 0.25) is 0 Å². The Hall–Kier alpha value is -1.77. The molecule has 22 heavy (non-hydrogen) atoms. The van der Waals surface area contributed by atoms with Crippen molar-refractivity contribution in [1.82, 2.24) is 15.1 Å². The summed E-state index contributed by atoms with van der Waals surface area (Å²) in [6.07, 6.45) is 0.0283. The third kappa shape index (κ3) is 2.90. The van der Waals surface area contributed by atoms with Crippen molar-refractivity contribution < 1.29 is 19.1 Å². The van der Waals surface area contributed by atoms with Gasteiger partial charge in [-0.15, -0.1) is 0 Å². The highest BCUT2D eigenvalue weighted by molar-refractivity contribution is 8.14. The van der Waals surface area contributed by atoms with Crippen LogP contribution in [0.5, 0.6) is 0 Å². The molecule has 2 rings (SSSR count). The van der Waals surface area contributed by atoms with Gasteiger partial charge in [-0.05, 0) is 13.3 Å². The third-order valence-electron chi connectivity index (χ3n) is 3.63. The van der Waals surface area contributed by atoms with Crippen LogP contribution in [0.3, 0.4) is 0 Å². The number of nitrogens with zero attached hydrogens (tertiary/aromatic N) is 3. The molecule has 0 spiro atoms. The summed E-state index contributed by atoms with van der Waals surface area (Å²) in [5, 5.41) is 2.47. The lowest BCUT2D eigenvalue weighted by Gasteiger charge is -2.34. The number of amidine groups is 1. The summed E-state index contributed by atoms with van der Waals surface area (Å²) in [5.74, 6) is -0.672. The number of imide groups is 1. The van der Waals surface area contributed by atoms with E-state index in [9.17, 15) is 14.4 Å². The van der Waals surface area contributed by atoms with Gasteiger partial charge in [0.2, 0.25) is 0 Å². The minimum Gasteiger partial charge on any atom is -0.465 e. The molecule has 0 radical (unpaired) electrons. The largest absolute Gasteiger partial charge is 0.465 e. The normalized spacial score (nSPS) is 25.5. The van der Waals surface area contributed by atoms with E-state index < -0.39 is 18.2 Å². The molecule has 9 heteroatoms. The number of carbonyl (C=O) groups is 3. The van der Waals surface area contributed by atoms with E-state index in [1.807, 2.05) is 6.92 Å². The predicted molar refractivity (Wildman–Crippen MR) is 82.4 cm³/mol. The first-order valence-corrected chi connectivity index (χ1v) is 8.00. The van der Waals surface area contributed by atoms with Crippen molar-refractivity contribution in [2.75, 3.05) is 20.7 Å². The van der Waals surface area contributed by atoms with Gasteiger partial charge in [-0.1, -0.05) is 18.7 Å².